The number of ketones is 1. The van der Waals surface area contributed by atoms with Gasteiger partial charge in [-0.3, -0.25) is 4.79 Å². The summed E-state index contributed by atoms with van der Waals surface area (Å²) in [6, 6.07) is 0. The third-order valence-corrected chi connectivity index (χ3v) is 8.54. The molecule has 0 heterocycles. The number of fused-ring (bicyclic) bond motifs is 3. The van der Waals surface area contributed by atoms with Crippen molar-refractivity contribution in [1.29, 1.82) is 0 Å². The van der Waals surface area contributed by atoms with E-state index in [0.29, 0.717) is 23.2 Å². The summed E-state index contributed by atoms with van der Waals surface area (Å²) < 4.78 is 5.76. The van der Waals surface area contributed by atoms with E-state index in [2.05, 4.69) is 20.8 Å². The topological polar surface area (TPSA) is 26.3 Å². The van der Waals surface area contributed by atoms with Crippen molar-refractivity contribution in [2.75, 3.05) is 7.11 Å². The van der Waals surface area contributed by atoms with Crippen LogP contribution in [0.2, 0.25) is 0 Å². The summed E-state index contributed by atoms with van der Waals surface area (Å²) in [5, 5.41) is 0. The molecule has 2 nitrogen and oxygen atoms in total. The van der Waals surface area contributed by atoms with Gasteiger partial charge in [-0.1, -0.05) is 27.2 Å². The Bertz CT molecular complexity index is 459. The average Bonchev–Trinajstić information content (AvgIpc) is 2.53. The van der Waals surface area contributed by atoms with Gasteiger partial charge < -0.3 is 4.74 Å². The van der Waals surface area contributed by atoms with E-state index in [9.17, 15) is 4.79 Å². The second-order valence-electron chi connectivity index (χ2n) is 9.22. The Labute approximate surface area is 142 Å². The fourth-order valence-electron chi connectivity index (χ4n) is 7.02. The Morgan fingerprint density at radius 2 is 1.83 bits per heavy atom. The molecule has 7 atom stereocenters. The van der Waals surface area contributed by atoms with Crippen LogP contribution < -0.4 is 0 Å². The zero-order chi connectivity index (χ0) is 16.8. The molecule has 3 fully saturated rings. The monoisotopic (exact) mass is 320 g/mol. The highest BCUT2D eigenvalue weighted by Crippen LogP contribution is 2.63. The molecule has 0 aromatic carbocycles. The molecule has 3 aliphatic rings. The van der Waals surface area contributed by atoms with Crippen LogP contribution in [0.1, 0.15) is 79.1 Å². The van der Waals surface area contributed by atoms with Crippen molar-refractivity contribution in [3.05, 3.63) is 0 Å². The highest BCUT2D eigenvalue weighted by atomic mass is 16.5. The molecule has 0 radical (unpaired) electrons. The van der Waals surface area contributed by atoms with E-state index >= 15 is 0 Å². The van der Waals surface area contributed by atoms with Gasteiger partial charge in [-0.2, -0.15) is 0 Å². The number of Topliss-reactive ketones (excluding diaryl/α,β-unsaturated/α-hetero) is 1. The number of carbonyl (C=O) groups excluding carboxylic acids is 1. The maximum atomic E-state index is 12.4. The molecule has 0 N–H and O–H groups in total. The smallest absolute Gasteiger partial charge is 0.135 e. The van der Waals surface area contributed by atoms with E-state index in [1.807, 2.05) is 14.0 Å². The van der Waals surface area contributed by atoms with E-state index in [-0.39, 0.29) is 5.41 Å². The summed E-state index contributed by atoms with van der Waals surface area (Å²) in [6.07, 6.45) is 10.5. The quantitative estimate of drug-likeness (QED) is 0.710. The summed E-state index contributed by atoms with van der Waals surface area (Å²) in [7, 11) is 1.89. The highest BCUT2D eigenvalue weighted by Gasteiger charge is 2.57. The van der Waals surface area contributed by atoms with Crippen molar-refractivity contribution < 1.29 is 9.53 Å². The Kier molecular flexibility index (Phi) is 4.68. The Hall–Kier alpha value is -0.370. The van der Waals surface area contributed by atoms with Crippen molar-refractivity contribution in [3.8, 4) is 0 Å². The molecule has 3 rings (SSSR count). The van der Waals surface area contributed by atoms with Gasteiger partial charge >= 0.3 is 0 Å². The predicted octanol–water partition coefficient (Wildman–Crippen LogP) is 5.25. The van der Waals surface area contributed by atoms with Gasteiger partial charge in [0.2, 0.25) is 0 Å². The first-order valence-electron chi connectivity index (χ1n) is 9.90. The molecule has 0 spiro atoms. The zero-order valence-corrected chi connectivity index (χ0v) is 15.9. The molecule has 0 amide bonds. The molecule has 132 valence electrons. The van der Waals surface area contributed by atoms with E-state index in [4.69, 9.17) is 4.74 Å². The number of ether oxygens (including phenoxy) is 1. The molecule has 0 aromatic rings. The van der Waals surface area contributed by atoms with Gasteiger partial charge in [0, 0.05) is 12.5 Å². The first kappa shape index (κ1) is 17.5. The average molecular weight is 321 g/mol. The van der Waals surface area contributed by atoms with E-state index in [0.717, 1.165) is 30.6 Å². The van der Waals surface area contributed by atoms with E-state index in [1.165, 1.54) is 38.5 Å². The van der Waals surface area contributed by atoms with Crippen LogP contribution in [-0.4, -0.2) is 19.0 Å². The molecule has 23 heavy (non-hydrogen) atoms. The van der Waals surface area contributed by atoms with Crippen LogP contribution in [0, 0.1) is 34.5 Å². The standard InChI is InChI=1S/C21H36O2/c1-6-18-17-10-8-15-7-9-16(23-5)13-21(15,4)19(17)11-12-20(18,3)14(2)22/h15-19H,6-13H2,1-5H3. The van der Waals surface area contributed by atoms with Crippen molar-refractivity contribution in [3.63, 3.8) is 0 Å². The molecule has 0 bridgehead atoms. The number of hydrogen-bond donors (Lipinski definition) is 0. The van der Waals surface area contributed by atoms with Crippen LogP contribution in [0.4, 0.5) is 0 Å². The van der Waals surface area contributed by atoms with Crippen LogP contribution in [0.25, 0.3) is 0 Å². The number of carbonyl (C=O) groups is 1. The summed E-state index contributed by atoms with van der Waals surface area (Å²) in [5.41, 5.74) is 0.363. The second kappa shape index (κ2) is 6.17. The van der Waals surface area contributed by atoms with Gasteiger partial charge in [0.1, 0.15) is 5.78 Å². The summed E-state index contributed by atoms with van der Waals surface area (Å²) in [5.74, 6) is 3.44. The summed E-state index contributed by atoms with van der Waals surface area (Å²) >= 11 is 0. The van der Waals surface area contributed by atoms with Gasteiger partial charge in [-0.05, 0) is 81.0 Å². The van der Waals surface area contributed by atoms with E-state index < -0.39 is 0 Å². The highest BCUT2D eigenvalue weighted by molar-refractivity contribution is 5.82. The number of rotatable bonds is 3. The Morgan fingerprint density at radius 3 is 2.43 bits per heavy atom. The molecular formula is C21H36O2. The third kappa shape index (κ3) is 2.60. The van der Waals surface area contributed by atoms with Gasteiger partial charge in [-0.25, -0.2) is 0 Å². The lowest BCUT2D eigenvalue weighted by molar-refractivity contribution is -0.154. The van der Waals surface area contributed by atoms with Crippen LogP contribution >= 0.6 is 0 Å². The Morgan fingerprint density at radius 1 is 1.13 bits per heavy atom. The molecule has 3 saturated carbocycles. The lowest BCUT2D eigenvalue weighted by Gasteiger charge is -2.61. The minimum Gasteiger partial charge on any atom is -0.381 e. The normalized spacial score (nSPS) is 50.0. The molecule has 7 unspecified atom stereocenters. The molecular weight excluding hydrogens is 284 g/mol. The Balaban J connectivity index is 1.90. The van der Waals surface area contributed by atoms with Crippen LogP contribution in [0.5, 0.6) is 0 Å². The maximum Gasteiger partial charge on any atom is 0.135 e. The fraction of sp³-hybridized carbons (Fsp3) is 0.952. The molecule has 0 saturated heterocycles. The molecule has 3 aliphatic carbocycles. The first-order chi connectivity index (χ1) is 10.9. The van der Waals surface area contributed by atoms with Crippen LogP contribution in [0.3, 0.4) is 0 Å². The van der Waals surface area contributed by atoms with Crippen molar-refractivity contribution in [2.45, 2.75) is 85.2 Å². The van der Waals surface area contributed by atoms with Gasteiger partial charge in [0.05, 0.1) is 6.10 Å². The number of hydrogen-bond acceptors (Lipinski definition) is 2. The minimum atomic E-state index is -0.0750. The largest absolute Gasteiger partial charge is 0.381 e. The minimum absolute atomic E-state index is 0.0750. The van der Waals surface area contributed by atoms with Crippen molar-refractivity contribution in [1.82, 2.24) is 0 Å². The molecule has 0 aromatic heterocycles. The van der Waals surface area contributed by atoms with Gasteiger partial charge in [-0.15, -0.1) is 0 Å². The first-order valence-corrected chi connectivity index (χ1v) is 9.90. The van der Waals surface area contributed by atoms with E-state index in [1.54, 1.807) is 0 Å². The summed E-state index contributed by atoms with van der Waals surface area (Å²) in [6.45, 7) is 8.95. The molecule has 2 heteroatoms. The maximum absolute atomic E-state index is 12.4. The third-order valence-electron chi connectivity index (χ3n) is 8.54. The van der Waals surface area contributed by atoms with Crippen LogP contribution in [-0.2, 0) is 9.53 Å². The second-order valence-corrected chi connectivity index (χ2v) is 9.22. The zero-order valence-electron chi connectivity index (χ0n) is 15.9. The van der Waals surface area contributed by atoms with Crippen molar-refractivity contribution >= 4 is 5.78 Å². The lowest BCUT2D eigenvalue weighted by Crippen LogP contribution is -2.55. The van der Waals surface area contributed by atoms with Gasteiger partial charge in [0.15, 0.2) is 0 Å². The summed E-state index contributed by atoms with van der Waals surface area (Å²) in [4.78, 5) is 12.4. The SMILES string of the molecule is CCC1C2CCC3CCC(OC)CC3(C)C2CCC1(C)C(C)=O. The van der Waals surface area contributed by atoms with Crippen molar-refractivity contribution in [2.24, 2.45) is 34.5 Å². The van der Waals surface area contributed by atoms with Gasteiger partial charge in [0.25, 0.3) is 0 Å². The lowest BCUT2D eigenvalue weighted by atomic mass is 9.44. The van der Waals surface area contributed by atoms with Crippen LogP contribution in [0.15, 0.2) is 0 Å². The number of methoxy groups -OCH3 is 1. The molecule has 0 aliphatic heterocycles. The fourth-order valence-corrected chi connectivity index (χ4v) is 7.02. The predicted molar refractivity (Wildman–Crippen MR) is 94.3 cm³/mol.